The van der Waals surface area contributed by atoms with Crippen LogP contribution in [0.4, 0.5) is 0 Å². The fourth-order valence-corrected chi connectivity index (χ4v) is 4.12. The average Bonchev–Trinajstić information content (AvgIpc) is 2.75. The molecule has 2 aliphatic rings. The van der Waals surface area contributed by atoms with Crippen LogP contribution in [-0.4, -0.2) is 18.8 Å². The Kier molecular flexibility index (Phi) is 3.44. The van der Waals surface area contributed by atoms with Gasteiger partial charge in [0.05, 0.1) is 11.7 Å². The van der Waals surface area contributed by atoms with Gasteiger partial charge in [0.25, 0.3) is 0 Å². The molecule has 2 nitrogen and oxygen atoms in total. The van der Waals surface area contributed by atoms with E-state index < -0.39 is 0 Å². The minimum atomic E-state index is -0.257. The normalized spacial score (nSPS) is 29.6. The Balaban J connectivity index is 2.06. The molecule has 1 unspecified atom stereocenters. The maximum absolute atomic E-state index is 6.16. The van der Waals surface area contributed by atoms with Crippen molar-refractivity contribution in [1.82, 2.24) is 0 Å². The first-order valence-electron chi connectivity index (χ1n) is 8.80. The van der Waals surface area contributed by atoms with Crippen LogP contribution in [0.3, 0.4) is 0 Å². The van der Waals surface area contributed by atoms with Gasteiger partial charge in [-0.3, -0.25) is 0 Å². The Morgan fingerprint density at radius 2 is 1.43 bits per heavy atom. The smallest absolute Gasteiger partial charge is 0.402 e. The summed E-state index contributed by atoms with van der Waals surface area (Å²) in [5, 5.41) is 0. The van der Waals surface area contributed by atoms with Gasteiger partial charge in [0, 0.05) is 0 Å². The molecule has 0 amide bonds. The average molecular weight is 314 g/mol. The number of benzene rings is 1. The van der Waals surface area contributed by atoms with Crippen LogP contribution in [0.15, 0.2) is 18.2 Å². The van der Waals surface area contributed by atoms with Crippen LogP contribution in [0, 0.1) is 5.41 Å². The summed E-state index contributed by atoms with van der Waals surface area (Å²) in [5.41, 5.74) is 4.25. The zero-order valence-electron chi connectivity index (χ0n) is 16.2. The van der Waals surface area contributed by atoms with Crippen molar-refractivity contribution >= 4 is 12.6 Å². The van der Waals surface area contributed by atoms with Crippen LogP contribution in [0.2, 0.25) is 0 Å². The fourth-order valence-electron chi connectivity index (χ4n) is 4.12. The minimum absolute atomic E-state index is 0.0987. The number of hydrogen-bond acceptors (Lipinski definition) is 2. The van der Waals surface area contributed by atoms with E-state index in [1.165, 1.54) is 11.1 Å². The van der Waals surface area contributed by atoms with Crippen molar-refractivity contribution in [3.8, 4) is 0 Å². The van der Waals surface area contributed by atoms with E-state index in [0.717, 1.165) is 5.46 Å². The van der Waals surface area contributed by atoms with Gasteiger partial charge >= 0.3 is 7.12 Å². The minimum Gasteiger partial charge on any atom is -0.402 e. The molecule has 0 radical (unpaired) electrons. The molecule has 3 rings (SSSR count). The standard InChI is InChI=1S/C20H31BO2/c1-13-19(6,7)23-21(22-13)14-10-11-15-16(12-14)18(4,5)20(8,9)17(15,2)3/h10-13H,1-9H3. The SMILES string of the molecule is CC1OB(c2ccc3c(c2)C(C)(C)C(C)(C)C3(C)C)OC1(C)C. The van der Waals surface area contributed by atoms with Crippen molar-refractivity contribution in [2.24, 2.45) is 5.41 Å². The molecule has 1 atom stereocenters. The molecule has 1 aliphatic carbocycles. The van der Waals surface area contributed by atoms with Gasteiger partial charge in [0.1, 0.15) is 0 Å². The molecule has 0 aromatic heterocycles. The third-order valence-corrected chi connectivity index (χ3v) is 7.50. The first-order chi connectivity index (χ1) is 10.3. The maximum Gasteiger partial charge on any atom is 0.494 e. The van der Waals surface area contributed by atoms with Gasteiger partial charge in [0.15, 0.2) is 0 Å². The Morgan fingerprint density at radius 3 is 1.96 bits per heavy atom. The van der Waals surface area contributed by atoms with Crippen molar-refractivity contribution in [1.29, 1.82) is 0 Å². The number of fused-ring (bicyclic) bond motifs is 1. The molecule has 23 heavy (non-hydrogen) atoms. The van der Waals surface area contributed by atoms with E-state index in [1.54, 1.807) is 0 Å². The summed E-state index contributed by atoms with van der Waals surface area (Å²) in [7, 11) is -0.257. The van der Waals surface area contributed by atoms with Gasteiger partial charge in [-0.1, -0.05) is 59.7 Å². The van der Waals surface area contributed by atoms with Crippen molar-refractivity contribution in [2.75, 3.05) is 0 Å². The predicted molar refractivity (Wildman–Crippen MR) is 97.4 cm³/mol. The van der Waals surface area contributed by atoms with E-state index in [4.69, 9.17) is 9.31 Å². The Bertz CT molecular complexity index is 643. The van der Waals surface area contributed by atoms with Crippen molar-refractivity contribution in [3.05, 3.63) is 29.3 Å². The Labute approximate surface area is 142 Å². The highest BCUT2D eigenvalue weighted by atomic mass is 16.7. The summed E-state index contributed by atoms with van der Waals surface area (Å²) in [6.45, 7) is 20.5. The van der Waals surface area contributed by atoms with Gasteiger partial charge in [0.2, 0.25) is 0 Å². The first-order valence-corrected chi connectivity index (χ1v) is 8.80. The summed E-state index contributed by atoms with van der Waals surface area (Å²) in [6.07, 6.45) is 0.0987. The lowest BCUT2D eigenvalue weighted by Crippen LogP contribution is -2.42. The van der Waals surface area contributed by atoms with Gasteiger partial charge in [-0.2, -0.15) is 0 Å². The fraction of sp³-hybridized carbons (Fsp3) is 0.700. The molecular formula is C20H31BO2. The topological polar surface area (TPSA) is 18.5 Å². The molecule has 0 N–H and O–H groups in total. The first kappa shape index (κ1) is 17.0. The molecule has 0 spiro atoms. The third-order valence-electron chi connectivity index (χ3n) is 7.50. The highest BCUT2D eigenvalue weighted by molar-refractivity contribution is 6.62. The highest BCUT2D eigenvalue weighted by Crippen LogP contribution is 2.61. The highest BCUT2D eigenvalue weighted by Gasteiger charge is 2.57. The molecule has 3 heteroatoms. The summed E-state index contributed by atoms with van der Waals surface area (Å²) in [5.74, 6) is 0. The summed E-state index contributed by atoms with van der Waals surface area (Å²) in [4.78, 5) is 0. The van der Waals surface area contributed by atoms with Gasteiger partial charge < -0.3 is 9.31 Å². The van der Waals surface area contributed by atoms with Crippen LogP contribution in [0.1, 0.15) is 73.4 Å². The van der Waals surface area contributed by atoms with Crippen LogP contribution in [-0.2, 0) is 20.1 Å². The number of rotatable bonds is 1. The summed E-state index contributed by atoms with van der Waals surface area (Å²) >= 11 is 0. The van der Waals surface area contributed by atoms with E-state index in [0.29, 0.717) is 0 Å². The van der Waals surface area contributed by atoms with Gasteiger partial charge in [-0.15, -0.1) is 0 Å². The van der Waals surface area contributed by atoms with Crippen molar-refractivity contribution < 1.29 is 9.31 Å². The van der Waals surface area contributed by atoms with Crippen molar-refractivity contribution in [3.63, 3.8) is 0 Å². The summed E-state index contributed by atoms with van der Waals surface area (Å²) < 4.78 is 12.2. The molecule has 1 aliphatic heterocycles. The zero-order valence-corrected chi connectivity index (χ0v) is 16.2. The third kappa shape index (κ3) is 2.09. The molecule has 0 saturated carbocycles. The Hall–Kier alpha value is -0.795. The molecule has 1 aromatic rings. The van der Waals surface area contributed by atoms with E-state index in [2.05, 4.69) is 80.5 Å². The predicted octanol–water partition coefficient (Wildman–Crippen LogP) is 4.19. The largest absolute Gasteiger partial charge is 0.494 e. The van der Waals surface area contributed by atoms with Crippen LogP contribution >= 0.6 is 0 Å². The quantitative estimate of drug-likeness (QED) is 0.724. The van der Waals surface area contributed by atoms with E-state index in [-0.39, 0.29) is 35.1 Å². The molecule has 1 heterocycles. The van der Waals surface area contributed by atoms with Gasteiger partial charge in [-0.05, 0) is 53.6 Å². The van der Waals surface area contributed by atoms with Crippen LogP contribution < -0.4 is 5.46 Å². The van der Waals surface area contributed by atoms with E-state index in [1.807, 2.05) is 0 Å². The van der Waals surface area contributed by atoms with Crippen LogP contribution in [0.25, 0.3) is 0 Å². The Morgan fingerprint density at radius 1 is 0.870 bits per heavy atom. The lowest BCUT2D eigenvalue weighted by atomic mass is 9.59. The van der Waals surface area contributed by atoms with E-state index in [9.17, 15) is 0 Å². The van der Waals surface area contributed by atoms with Crippen molar-refractivity contribution in [2.45, 2.75) is 84.8 Å². The lowest BCUT2D eigenvalue weighted by Gasteiger charge is -2.44. The second kappa shape index (κ2) is 4.64. The molecule has 126 valence electrons. The zero-order chi connectivity index (χ0) is 17.4. The van der Waals surface area contributed by atoms with Crippen LogP contribution in [0.5, 0.6) is 0 Å². The monoisotopic (exact) mass is 314 g/mol. The molecule has 1 saturated heterocycles. The number of hydrogen-bond donors (Lipinski definition) is 0. The second-order valence-corrected chi connectivity index (χ2v) is 9.51. The van der Waals surface area contributed by atoms with E-state index >= 15 is 0 Å². The van der Waals surface area contributed by atoms with Gasteiger partial charge in [-0.25, -0.2) is 0 Å². The maximum atomic E-state index is 6.16. The summed E-state index contributed by atoms with van der Waals surface area (Å²) in [6, 6.07) is 6.81. The molecule has 1 aromatic carbocycles. The lowest BCUT2D eigenvalue weighted by molar-refractivity contribution is 0.0842. The molecular weight excluding hydrogens is 283 g/mol. The molecule has 0 bridgehead atoms. The second-order valence-electron chi connectivity index (χ2n) is 9.51. The molecule has 1 fully saturated rings.